The molecule has 3 amide bonds. The minimum Gasteiger partial charge on any atom is -0.483 e. The Balaban J connectivity index is 2.69. The molecule has 0 spiro atoms. The number of benzene rings is 1. The number of likely N-dealkylation sites (N-methyl/N-ethyl adjacent to an activating group) is 1. The molecule has 0 aliphatic rings. The van der Waals surface area contributed by atoms with E-state index in [0.29, 0.717) is 11.3 Å². The van der Waals surface area contributed by atoms with Crippen molar-refractivity contribution in [2.75, 3.05) is 13.7 Å². The number of primary amides is 1. The minimum absolute atomic E-state index is 0.268. The van der Waals surface area contributed by atoms with Crippen molar-refractivity contribution in [3.05, 3.63) is 29.8 Å². The monoisotopic (exact) mass is 278 g/mol. The highest BCUT2D eigenvalue weighted by Gasteiger charge is 2.09. The maximum atomic E-state index is 11.1. The van der Waals surface area contributed by atoms with Crippen LogP contribution in [0.25, 0.3) is 0 Å². The Morgan fingerprint density at radius 3 is 2.65 bits per heavy atom. The molecule has 8 heteroatoms. The van der Waals surface area contributed by atoms with E-state index >= 15 is 0 Å². The van der Waals surface area contributed by atoms with E-state index in [1.54, 1.807) is 24.3 Å². The van der Waals surface area contributed by atoms with Crippen molar-refractivity contribution in [1.82, 2.24) is 10.7 Å². The van der Waals surface area contributed by atoms with Crippen LogP contribution in [-0.2, 0) is 14.4 Å². The van der Waals surface area contributed by atoms with E-state index in [4.69, 9.17) is 10.5 Å². The summed E-state index contributed by atoms with van der Waals surface area (Å²) in [6.45, 7) is -0.268. The molecule has 1 aromatic carbocycles. The van der Waals surface area contributed by atoms with Gasteiger partial charge in [-0.05, 0) is 12.1 Å². The number of hydrogen-bond acceptors (Lipinski definition) is 5. The number of carbonyl (C=O) groups is 3. The number of amides is 3. The van der Waals surface area contributed by atoms with E-state index in [-0.39, 0.29) is 6.61 Å². The number of ether oxygens (including phenoxy) is 1. The fraction of sp³-hybridized carbons (Fsp3) is 0.167. The Morgan fingerprint density at radius 1 is 1.30 bits per heavy atom. The lowest BCUT2D eigenvalue weighted by Crippen LogP contribution is -2.35. The highest BCUT2D eigenvalue weighted by atomic mass is 16.5. The summed E-state index contributed by atoms with van der Waals surface area (Å²) in [7, 11) is 1.33. The molecule has 0 saturated heterocycles. The lowest BCUT2D eigenvalue weighted by atomic mass is 10.2. The van der Waals surface area contributed by atoms with E-state index in [1.165, 1.54) is 13.3 Å². The van der Waals surface area contributed by atoms with Crippen molar-refractivity contribution in [3.8, 4) is 5.75 Å². The summed E-state index contributed by atoms with van der Waals surface area (Å²) < 4.78 is 5.17. The Labute approximate surface area is 115 Å². The summed E-state index contributed by atoms with van der Waals surface area (Å²) in [4.78, 5) is 32.7. The molecule has 0 aliphatic heterocycles. The van der Waals surface area contributed by atoms with Gasteiger partial charge in [0.25, 0.3) is 5.91 Å². The molecule has 0 heterocycles. The second-order valence-electron chi connectivity index (χ2n) is 3.57. The molecule has 0 aliphatic carbocycles. The van der Waals surface area contributed by atoms with Gasteiger partial charge in [-0.3, -0.25) is 14.4 Å². The lowest BCUT2D eigenvalue weighted by molar-refractivity contribution is -0.138. The molecule has 0 aromatic heterocycles. The Bertz CT molecular complexity index is 542. The summed E-state index contributed by atoms with van der Waals surface area (Å²) in [5.41, 5.74) is 7.54. The van der Waals surface area contributed by atoms with Crippen molar-refractivity contribution in [2.45, 2.75) is 0 Å². The fourth-order valence-corrected chi connectivity index (χ4v) is 1.19. The molecule has 0 fully saturated rings. The van der Waals surface area contributed by atoms with Crippen molar-refractivity contribution >= 4 is 23.9 Å². The third kappa shape index (κ3) is 4.77. The van der Waals surface area contributed by atoms with Crippen LogP contribution in [0.1, 0.15) is 5.56 Å². The standard InChI is InChI=1S/C12H14N4O4/c1-14-11(18)12(19)16-15-6-8-4-2-3-5-9(8)20-7-10(13)17/h2-6H,7H2,1H3,(H2,13,17)(H,14,18)(H,16,19)/b15-6-. The molecular weight excluding hydrogens is 264 g/mol. The van der Waals surface area contributed by atoms with Crippen LogP contribution in [-0.4, -0.2) is 37.6 Å². The quantitative estimate of drug-likeness (QED) is 0.353. The summed E-state index contributed by atoms with van der Waals surface area (Å²) in [6.07, 6.45) is 1.29. The maximum Gasteiger partial charge on any atom is 0.329 e. The number of hydrazone groups is 1. The van der Waals surface area contributed by atoms with Gasteiger partial charge in [-0.25, -0.2) is 5.43 Å². The molecule has 1 aromatic rings. The van der Waals surface area contributed by atoms with Gasteiger partial charge in [0.2, 0.25) is 0 Å². The number of nitrogens with one attached hydrogen (secondary N) is 2. The largest absolute Gasteiger partial charge is 0.483 e. The lowest BCUT2D eigenvalue weighted by Gasteiger charge is -2.06. The van der Waals surface area contributed by atoms with Gasteiger partial charge in [0, 0.05) is 12.6 Å². The predicted molar refractivity (Wildman–Crippen MR) is 70.9 cm³/mol. The van der Waals surface area contributed by atoms with Crippen LogP contribution in [0.3, 0.4) is 0 Å². The van der Waals surface area contributed by atoms with Crippen LogP contribution in [0.5, 0.6) is 5.75 Å². The van der Waals surface area contributed by atoms with Crippen LogP contribution >= 0.6 is 0 Å². The first-order chi connectivity index (χ1) is 9.54. The van der Waals surface area contributed by atoms with Crippen molar-refractivity contribution in [2.24, 2.45) is 10.8 Å². The third-order valence-electron chi connectivity index (χ3n) is 2.09. The smallest absolute Gasteiger partial charge is 0.329 e. The van der Waals surface area contributed by atoms with Crippen molar-refractivity contribution in [3.63, 3.8) is 0 Å². The molecule has 0 atom stereocenters. The molecule has 0 unspecified atom stereocenters. The van der Waals surface area contributed by atoms with E-state index in [9.17, 15) is 14.4 Å². The molecule has 0 saturated carbocycles. The second kappa shape index (κ2) is 7.52. The van der Waals surface area contributed by atoms with E-state index in [1.807, 2.05) is 5.43 Å². The molecule has 0 radical (unpaired) electrons. The van der Waals surface area contributed by atoms with Gasteiger partial charge in [-0.1, -0.05) is 12.1 Å². The normalized spacial score (nSPS) is 10.1. The van der Waals surface area contributed by atoms with E-state index < -0.39 is 17.7 Å². The fourth-order valence-electron chi connectivity index (χ4n) is 1.19. The number of carbonyl (C=O) groups excluding carboxylic acids is 3. The van der Waals surface area contributed by atoms with Gasteiger partial charge < -0.3 is 15.8 Å². The van der Waals surface area contributed by atoms with Gasteiger partial charge in [0.15, 0.2) is 6.61 Å². The SMILES string of the molecule is CNC(=O)C(=O)N/N=C\c1ccccc1OCC(N)=O. The van der Waals surface area contributed by atoms with Gasteiger partial charge in [0.05, 0.1) is 6.21 Å². The van der Waals surface area contributed by atoms with Crippen molar-refractivity contribution in [1.29, 1.82) is 0 Å². The predicted octanol–water partition coefficient (Wildman–Crippen LogP) is -1.25. The summed E-state index contributed by atoms with van der Waals surface area (Å²) >= 11 is 0. The van der Waals surface area contributed by atoms with Gasteiger partial charge in [0.1, 0.15) is 5.75 Å². The first-order valence-electron chi connectivity index (χ1n) is 5.60. The first-order valence-corrected chi connectivity index (χ1v) is 5.60. The molecular formula is C12H14N4O4. The van der Waals surface area contributed by atoms with E-state index in [2.05, 4.69) is 10.4 Å². The number of hydrogen-bond donors (Lipinski definition) is 3. The number of rotatable bonds is 5. The second-order valence-corrected chi connectivity index (χ2v) is 3.57. The summed E-state index contributed by atoms with van der Waals surface area (Å²) in [5.74, 6) is -1.92. The van der Waals surface area contributed by atoms with Gasteiger partial charge >= 0.3 is 11.8 Å². The zero-order valence-corrected chi connectivity index (χ0v) is 10.8. The number of para-hydroxylation sites is 1. The van der Waals surface area contributed by atoms with Crippen LogP contribution in [0.4, 0.5) is 0 Å². The summed E-state index contributed by atoms with van der Waals surface area (Å²) in [5, 5.41) is 5.77. The molecule has 0 bridgehead atoms. The molecule has 106 valence electrons. The molecule has 1 rings (SSSR count). The van der Waals surface area contributed by atoms with Gasteiger partial charge in [-0.2, -0.15) is 5.10 Å². The Morgan fingerprint density at radius 2 is 2.00 bits per heavy atom. The number of nitrogens with zero attached hydrogens (tertiary/aromatic N) is 1. The maximum absolute atomic E-state index is 11.1. The topological polar surface area (TPSA) is 123 Å². The molecule has 8 nitrogen and oxygen atoms in total. The zero-order valence-electron chi connectivity index (χ0n) is 10.8. The highest BCUT2D eigenvalue weighted by molar-refractivity contribution is 6.34. The highest BCUT2D eigenvalue weighted by Crippen LogP contribution is 2.15. The Kier molecular flexibility index (Phi) is 5.70. The minimum atomic E-state index is -0.890. The average Bonchev–Trinajstić information content (AvgIpc) is 2.45. The summed E-state index contributed by atoms with van der Waals surface area (Å²) in [6, 6.07) is 6.70. The van der Waals surface area contributed by atoms with Crippen LogP contribution in [0.2, 0.25) is 0 Å². The van der Waals surface area contributed by atoms with Crippen LogP contribution in [0.15, 0.2) is 29.4 Å². The van der Waals surface area contributed by atoms with E-state index in [0.717, 1.165) is 0 Å². The number of nitrogens with two attached hydrogens (primary N) is 1. The molecule has 4 N–H and O–H groups in total. The first kappa shape index (κ1) is 15.2. The Hall–Kier alpha value is -2.90. The molecule has 20 heavy (non-hydrogen) atoms. The third-order valence-corrected chi connectivity index (χ3v) is 2.09. The van der Waals surface area contributed by atoms with Crippen LogP contribution in [0, 0.1) is 0 Å². The average molecular weight is 278 g/mol. The van der Waals surface area contributed by atoms with Crippen LogP contribution < -0.4 is 21.2 Å². The zero-order chi connectivity index (χ0) is 15.0. The van der Waals surface area contributed by atoms with Gasteiger partial charge in [-0.15, -0.1) is 0 Å². The van der Waals surface area contributed by atoms with Crippen molar-refractivity contribution < 1.29 is 19.1 Å².